The number of amides is 4. The zero-order valence-corrected chi connectivity index (χ0v) is 23.6. The summed E-state index contributed by atoms with van der Waals surface area (Å²) >= 11 is 1.24. The van der Waals surface area contributed by atoms with Crippen molar-refractivity contribution in [3.8, 4) is 11.6 Å². The number of ether oxygens (including phenoxy) is 1. The van der Waals surface area contributed by atoms with E-state index in [4.69, 9.17) is 4.74 Å². The van der Waals surface area contributed by atoms with Gasteiger partial charge in [-0.1, -0.05) is 38.0 Å². The van der Waals surface area contributed by atoms with Gasteiger partial charge in [-0.2, -0.15) is 0 Å². The summed E-state index contributed by atoms with van der Waals surface area (Å²) in [4.78, 5) is 51.1. The molecule has 3 aromatic heterocycles. The third kappa shape index (κ3) is 5.20. The summed E-state index contributed by atoms with van der Waals surface area (Å²) in [6, 6.07) is 12.1. The van der Waals surface area contributed by atoms with E-state index in [0.717, 1.165) is 31.2 Å². The Morgan fingerprint density at radius 1 is 1.10 bits per heavy atom. The molecule has 11 heteroatoms. The fourth-order valence-corrected chi connectivity index (χ4v) is 6.48. The SMILES string of the molecule is CCC(=O)N[C@H]1CCCC[C@H]1NC(=O)c1sc2nccc3c2c1N(c1cnc(Oc2ccccc2)cc1C)C(=O)N3. The second-order valence-electron chi connectivity index (χ2n) is 10.2. The predicted octanol–water partition coefficient (Wildman–Crippen LogP) is 6.04. The van der Waals surface area contributed by atoms with Crippen molar-refractivity contribution in [3.05, 3.63) is 65.3 Å². The Balaban J connectivity index is 1.36. The molecular weight excluding hydrogens is 540 g/mol. The molecule has 210 valence electrons. The van der Waals surface area contributed by atoms with Crippen LogP contribution in [0, 0.1) is 6.92 Å². The van der Waals surface area contributed by atoms with Crippen LogP contribution >= 0.6 is 11.3 Å². The van der Waals surface area contributed by atoms with Crippen LogP contribution in [-0.4, -0.2) is 39.9 Å². The molecule has 4 amide bonds. The van der Waals surface area contributed by atoms with Crippen LogP contribution in [0.5, 0.6) is 11.6 Å². The van der Waals surface area contributed by atoms with E-state index in [1.807, 2.05) is 44.2 Å². The van der Waals surface area contributed by atoms with E-state index in [2.05, 4.69) is 25.9 Å². The molecule has 10 nitrogen and oxygen atoms in total. The van der Waals surface area contributed by atoms with Gasteiger partial charge in [0.2, 0.25) is 11.8 Å². The van der Waals surface area contributed by atoms with E-state index < -0.39 is 6.03 Å². The first kappa shape index (κ1) is 26.7. The number of hydrogen-bond donors (Lipinski definition) is 3. The van der Waals surface area contributed by atoms with Crippen LogP contribution in [0.15, 0.2) is 54.9 Å². The molecular formula is C30H30N6O4S. The van der Waals surface area contributed by atoms with Crippen molar-refractivity contribution in [1.29, 1.82) is 0 Å². The van der Waals surface area contributed by atoms with E-state index in [9.17, 15) is 14.4 Å². The highest BCUT2D eigenvalue weighted by molar-refractivity contribution is 7.21. The summed E-state index contributed by atoms with van der Waals surface area (Å²) < 4.78 is 5.89. The lowest BCUT2D eigenvalue weighted by molar-refractivity contribution is -0.121. The monoisotopic (exact) mass is 570 g/mol. The number of nitrogens with zero attached hydrogens (tertiary/aromatic N) is 3. The second kappa shape index (κ2) is 11.2. The third-order valence-electron chi connectivity index (χ3n) is 7.46. The number of urea groups is 1. The van der Waals surface area contributed by atoms with Gasteiger partial charge in [0.1, 0.15) is 15.5 Å². The van der Waals surface area contributed by atoms with Crippen molar-refractivity contribution in [2.24, 2.45) is 0 Å². The zero-order chi connectivity index (χ0) is 28.5. The third-order valence-corrected chi connectivity index (χ3v) is 8.54. The Morgan fingerprint density at radius 2 is 1.85 bits per heavy atom. The van der Waals surface area contributed by atoms with Gasteiger partial charge < -0.3 is 20.7 Å². The van der Waals surface area contributed by atoms with Crippen LogP contribution < -0.4 is 25.6 Å². The van der Waals surface area contributed by atoms with Crippen LogP contribution in [-0.2, 0) is 4.79 Å². The lowest BCUT2D eigenvalue weighted by Gasteiger charge is -2.33. The van der Waals surface area contributed by atoms with E-state index >= 15 is 0 Å². The molecule has 1 aliphatic carbocycles. The number of aryl methyl sites for hydroxylation is 1. The Labute approximate surface area is 241 Å². The summed E-state index contributed by atoms with van der Waals surface area (Å²) in [5.41, 5.74) is 2.34. The molecule has 2 atom stereocenters. The highest BCUT2D eigenvalue weighted by Gasteiger charge is 2.36. The van der Waals surface area contributed by atoms with Gasteiger partial charge in [-0.05, 0) is 43.5 Å². The fraction of sp³-hybridized carbons (Fsp3) is 0.300. The Morgan fingerprint density at radius 3 is 2.59 bits per heavy atom. The van der Waals surface area contributed by atoms with Crippen molar-refractivity contribution in [3.63, 3.8) is 0 Å². The van der Waals surface area contributed by atoms with Crippen LogP contribution in [0.4, 0.5) is 21.9 Å². The van der Waals surface area contributed by atoms with Gasteiger partial charge in [-0.15, -0.1) is 11.3 Å². The van der Waals surface area contributed by atoms with E-state index in [-0.39, 0.29) is 23.9 Å². The maximum atomic E-state index is 13.9. The maximum Gasteiger partial charge on any atom is 0.331 e. The molecule has 0 radical (unpaired) electrons. The minimum absolute atomic E-state index is 0.0348. The average molecular weight is 571 g/mol. The molecule has 1 aliphatic heterocycles. The van der Waals surface area contributed by atoms with Crippen molar-refractivity contribution in [2.45, 2.75) is 58.0 Å². The fourth-order valence-electron chi connectivity index (χ4n) is 5.42. The minimum Gasteiger partial charge on any atom is -0.439 e. The number of carbonyl (C=O) groups is 3. The maximum absolute atomic E-state index is 13.9. The number of hydrogen-bond acceptors (Lipinski definition) is 7. The first-order chi connectivity index (χ1) is 19.9. The first-order valence-corrected chi connectivity index (χ1v) is 14.6. The molecule has 1 saturated carbocycles. The summed E-state index contributed by atoms with van der Waals surface area (Å²) in [5.74, 6) is 0.707. The van der Waals surface area contributed by atoms with Crippen molar-refractivity contribution >= 4 is 56.5 Å². The number of thiophene rings is 1. The molecule has 1 fully saturated rings. The Bertz CT molecular complexity index is 1640. The quantitative estimate of drug-likeness (QED) is 0.249. The highest BCUT2D eigenvalue weighted by atomic mass is 32.1. The Kier molecular flexibility index (Phi) is 7.27. The topological polar surface area (TPSA) is 126 Å². The van der Waals surface area contributed by atoms with Gasteiger partial charge in [0.15, 0.2) is 0 Å². The number of nitrogens with one attached hydrogen (secondary N) is 3. The molecule has 0 spiro atoms. The molecule has 3 N–H and O–H groups in total. The second-order valence-corrected chi connectivity index (χ2v) is 11.2. The number of rotatable bonds is 7. The van der Waals surface area contributed by atoms with Crippen LogP contribution in [0.1, 0.15) is 54.3 Å². The summed E-state index contributed by atoms with van der Waals surface area (Å²) in [7, 11) is 0. The highest BCUT2D eigenvalue weighted by Crippen LogP contribution is 2.47. The number of para-hydroxylation sites is 1. The lowest BCUT2D eigenvalue weighted by atomic mass is 9.90. The molecule has 0 saturated heterocycles. The standard InChI is InChI=1S/C30H30N6O4S/c1-3-23(37)33-19-11-7-8-12-20(19)34-28(38)27-26-25-21(13-14-31-29(25)41-27)35-30(39)36(26)22-16-32-24(15-17(22)2)40-18-9-5-4-6-10-18/h4-6,9-10,13-16,19-20H,3,7-8,11-12H2,1-2H3,(H,33,37)(H,34,38)(H,35,39)/t19-,20+/m0/s1. The smallest absolute Gasteiger partial charge is 0.331 e. The summed E-state index contributed by atoms with van der Waals surface area (Å²) in [6.07, 6.45) is 7.11. The van der Waals surface area contributed by atoms with Gasteiger partial charge >= 0.3 is 6.03 Å². The van der Waals surface area contributed by atoms with Gasteiger partial charge in [0, 0.05) is 30.8 Å². The van der Waals surface area contributed by atoms with Crippen molar-refractivity contribution in [2.75, 3.05) is 10.2 Å². The van der Waals surface area contributed by atoms with Crippen molar-refractivity contribution < 1.29 is 19.1 Å². The van der Waals surface area contributed by atoms with Gasteiger partial charge in [-0.25, -0.2) is 14.8 Å². The Hall–Kier alpha value is -4.51. The molecule has 41 heavy (non-hydrogen) atoms. The number of carbonyl (C=O) groups excluding carboxylic acids is 3. The van der Waals surface area contributed by atoms with Gasteiger partial charge in [0.25, 0.3) is 5.91 Å². The van der Waals surface area contributed by atoms with E-state index in [1.54, 1.807) is 24.5 Å². The van der Waals surface area contributed by atoms with Gasteiger partial charge in [-0.3, -0.25) is 14.5 Å². The molecule has 0 unspecified atom stereocenters. The molecule has 6 rings (SSSR count). The summed E-state index contributed by atoms with van der Waals surface area (Å²) in [5, 5.41) is 9.87. The predicted molar refractivity (Wildman–Crippen MR) is 158 cm³/mol. The minimum atomic E-state index is -0.398. The van der Waals surface area contributed by atoms with Crippen molar-refractivity contribution in [1.82, 2.24) is 20.6 Å². The molecule has 0 bridgehead atoms. The zero-order valence-electron chi connectivity index (χ0n) is 22.8. The number of benzene rings is 1. The molecule has 2 aliphatic rings. The normalized spacial score (nSPS) is 18.1. The van der Waals surface area contributed by atoms with Crippen LogP contribution in [0.3, 0.4) is 0 Å². The average Bonchev–Trinajstić information content (AvgIpc) is 3.36. The van der Waals surface area contributed by atoms with Crippen LogP contribution in [0.25, 0.3) is 10.2 Å². The largest absolute Gasteiger partial charge is 0.439 e. The molecule has 4 aromatic rings. The molecule has 4 heterocycles. The van der Waals surface area contributed by atoms with Crippen LogP contribution in [0.2, 0.25) is 0 Å². The number of aromatic nitrogens is 2. The van der Waals surface area contributed by atoms with E-state index in [1.165, 1.54) is 16.2 Å². The molecule has 1 aromatic carbocycles. The number of pyridine rings is 2. The van der Waals surface area contributed by atoms with E-state index in [0.29, 0.717) is 50.2 Å². The summed E-state index contributed by atoms with van der Waals surface area (Å²) in [6.45, 7) is 3.68. The number of anilines is 3. The first-order valence-electron chi connectivity index (χ1n) is 13.7. The van der Waals surface area contributed by atoms with Gasteiger partial charge in [0.05, 0.1) is 28.6 Å². The lowest BCUT2D eigenvalue weighted by Crippen LogP contribution is -2.53.